The van der Waals surface area contributed by atoms with Gasteiger partial charge in [-0.25, -0.2) is 4.79 Å². The molecule has 0 spiro atoms. The Morgan fingerprint density at radius 2 is 1.29 bits per heavy atom. The fraction of sp³-hybridized carbons (Fsp3) is 0.429. The summed E-state index contributed by atoms with van der Waals surface area (Å²) in [6.07, 6.45) is 0. The van der Waals surface area contributed by atoms with E-state index in [4.69, 9.17) is 32.2 Å². The summed E-state index contributed by atoms with van der Waals surface area (Å²) in [5, 5.41) is 15.0. The number of hydrogen-bond acceptors (Lipinski definition) is 9. The lowest BCUT2D eigenvalue weighted by Crippen LogP contribution is -2.05. The quantitative estimate of drug-likeness (QED) is 0.370. The predicted octanol–water partition coefficient (Wildman–Crippen LogP) is -2.06. The fourth-order valence-electron chi connectivity index (χ4n) is 0.427. The number of ether oxygens (including phenoxy) is 1. The molecule has 1 aromatic heterocycles. The number of nitrogen functional groups attached to an aromatic ring is 3. The zero-order valence-corrected chi connectivity index (χ0v) is 9.49. The van der Waals surface area contributed by atoms with E-state index in [1.807, 2.05) is 0 Å². The van der Waals surface area contributed by atoms with Crippen molar-refractivity contribution in [3.8, 4) is 0 Å². The molecule has 98 valence electrons. The number of rotatable bonds is 1. The number of aliphatic hydroxyl groups excluding tert-OH is 1. The van der Waals surface area contributed by atoms with Crippen LogP contribution >= 0.6 is 0 Å². The van der Waals surface area contributed by atoms with Gasteiger partial charge in [0.25, 0.3) is 0 Å². The van der Waals surface area contributed by atoms with Crippen LogP contribution in [-0.2, 0) is 9.53 Å². The molecule has 10 nitrogen and oxygen atoms in total. The molecule has 8 N–H and O–H groups in total. The molecule has 0 fully saturated rings. The molecule has 1 heterocycles. The molecule has 1 rings (SSSR count). The van der Waals surface area contributed by atoms with Crippen LogP contribution < -0.4 is 17.2 Å². The van der Waals surface area contributed by atoms with Crippen molar-refractivity contribution in [2.24, 2.45) is 0 Å². The maximum atomic E-state index is 9.12. The van der Waals surface area contributed by atoms with Crippen molar-refractivity contribution >= 4 is 23.8 Å². The summed E-state index contributed by atoms with van der Waals surface area (Å²) in [6, 6.07) is 0. The van der Waals surface area contributed by atoms with E-state index in [-0.39, 0.29) is 17.8 Å². The Balaban J connectivity index is 0. The third-order valence-corrected chi connectivity index (χ3v) is 0.823. The van der Waals surface area contributed by atoms with Gasteiger partial charge in [0, 0.05) is 14.2 Å². The third-order valence-electron chi connectivity index (χ3n) is 0.823. The van der Waals surface area contributed by atoms with Crippen molar-refractivity contribution in [2.75, 3.05) is 38.0 Å². The molecule has 1 aromatic rings. The molecule has 10 heteroatoms. The second-order valence-corrected chi connectivity index (χ2v) is 2.37. The highest BCUT2D eigenvalue weighted by atomic mass is 16.4. The van der Waals surface area contributed by atoms with Crippen molar-refractivity contribution in [1.29, 1.82) is 0 Å². The number of anilines is 3. The molecule has 0 bridgehead atoms. The first-order valence-corrected chi connectivity index (χ1v) is 4.12. The van der Waals surface area contributed by atoms with E-state index in [0.717, 1.165) is 0 Å². The summed E-state index contributed by atoms with van der Waals surface area (Å²) >= 11 is 0. The third kappa shape index (κ3) is 13.8. The van der Waals surface area contributed by atoms with E-state index in [1.165, 1.54) is 0 Å². The molecule has 0 aliphatic carbocycles. The fourth-order valence-corrected chi connectivity index (χ4v) is 0.427. The number of methoxy groups -OCH3 is 1. The van der Waals surface area contributed by atoms with E-state index < -0.39 is 12.6 Å². The summed E-state index contributed by atoms with van der Waals surface area (Å²) in [4.78, 5) is 19.6. The molecule has 0 amide bonds. The average molecular weight is 248 g/mol. The van der Waals surface area contributed by atoms with E-state index in [0.29, 0.717) is 0 Å². The Labute approximate surface area is 97.4 Å². The van der Waals surface area contributed by atoms with Crippen LogP contribution in [0.3, 0.4) is 0 Å². The number of nitrogens with zero attached hydrogens (tertiary/aromatic N) is 3. The van der Waals surface area contributed by atoms with Crippen LogP contribution in [0.2, 0.25) is 0 Å². The number of carboxylic acids is 1. The summed E-state index contributed by atoms with van der Waals surface area (Å²) in [5.41, 5.74) is 15.4. The largest absolute Gasteiger partial charge is 0.480 e. The maximum absolute atomic E-state index is 9.12. The maximum Gasteiger partial charge on any atom is 0.329 e. The highest BCUT2D eigenvalue weighted by molar-refractivity contribution is 5.67. The Morgan fingerprint density at radius 1 is 1.12 bits per heavy atom. The lowest BCUT2D eigenvalue weighted by atomic mass is 10.8. The van der Waals surface area contributed by atoms with E-state index in [2.05, 4.69) is 19.7 Å². The van der Waals surface area contributed by atoms with E-state index >= 15 is 0 Å². The minimum Gasteiger partial charge on any atom is -0.480 e. The van der Waals surface area contributed by atoms with Crippen LogP contribution in [-0.4, -0.2) is 52.0 Å². The van der Waals surface area contributed by atoms with Gasteiger partial charge in [0.15, 0.2) is 0 Å². The van der Waals surface area contributed by atoms with Gasteiger partial charge in [-0.3, -0.25) is 0 Å². The minimum atomic E-state index is -1.19. The number of hydrogen-bond donors (Lipinski definition) is 5. The van der Waals surface area contributed by atoms with Crippen molar-refractivity contribution in [3.63, 3.8) is 0 Å². The predicted molar refractivity (Wildman–Crippen MR) is 60.7 cm³/mol. The molecule has 0 aromatic carbocycles. The van der Waals surface area contributed by atoms with Crippen LogP contribution in [0.4, 0.5) is 17.8 Å². The Hall–Kier alpha value is -2.20. The zero-order chi connectivity index (χ0) is 13.8. The number of aliphatic hydroxyl groups is 1. The number of aliphatic carboxylic acids is 1. The van der Waals surface area contributed by atoms with Crippen LogP contribution in [0.15, 0.2) is 0 Å². The summed E-state index contributed by atoms with van der Waals surface area (Å²) in [7, 11) is 3.25. The molecular weight excluding hydrogens is 232 g/mol. The lowest BCUT2D eigenvalue weighted by molar-refractivity contribution is -0.140. The van der Waals surface area contributed by atoms with Gasteiger partial charge in [0.05, 0.1) is 0 Å². The summed E-state index contributed by atoms with van der Waals surface area (Å²) in [5.74, 6) is -1.06. The Morgan fingerprint density at radius 3 is 1.41 bits per heavy atom. The van der Waals surface area contributed by atoms with Crippen molar-refractivity contribution in [3.05, 3.63) is 0 Å². The normalized spacial score (nSPS) is 8.18. The second kappa shape index (κ2) is 10.3. The van der Waals surface area contributed by atoms with Gasteiger partial charge in [-0.05, 0) is 0 Å². The SMILES string of the molecule is COC.Nc1nc(N)nc(N)n1.O=C(O)CO. The van der Waals surface area contributed by atoms with Gasteiger partial charge in [-0.15, -0.1) is 0 Å². The van der Waals surface area contributed by atoms with E-state index in [1.54, 1.807) is 14.2 Å². The molecule has 0 aliphatic heterocycles. The number of nitrogens with two attached hydrogens (primary N) is 3. The topological polar surface area (TPSA) is 183 Å². The minimum absolute atomic E-state index is 0.0417. The van der Waals surface area contributed by atoms with Crippen LogP contribution in [0.1, 0.15) is 0 Å². The Bertz CT molecular complexity index is 284. The van der Waals surface area contributed by atoms with Gasteiger partial charge in [-0.2, -0.15) is 15.0 Å². The van der Waals surface area contributed by atoms with Gasteiger partial charge < -0.3 is 32.2 Å². The molecule has 0 unspecified atom stereocenters. The molecule has 17 heavy (non-hydrogen) atoms. The second-order valence-electron chi connectivity index (χ2n) is 2.37. The molecule has 0 saturated carbocycles. The first-order valence-electron chi connectivity index (χ1n) is 4.12. The van der Waals surface area contributed by atoms with Gasteiger partial charge in [0.1, 0.15) is 6.61 Å². The Kier molecular flexibility index (Phi) is 10.4. The lowest BCUT2D eigenvalue weighted by Gasteiger charge is -1.93. The van der Waals surface area contributed by atoms with Crippen molar-refractivity contribution in [1.82, 2.24) is 15.0 Å². The summed E-state index contributed by atoms with van der Waals surface area (Å²) in [6.45, 7) is -0.778. The summed E-state index contributed by atoms with van der Waals surface area (Å²) < 4.78 is 4.25. The van der Waals surface area contributed by atoms with Gasteiger partial charge in [-0.1, -0.05) is 0 Å². The number of carbonyl (C=O) groups is 1. The van der Waals surface area contributed by atoms with Gasteiger partial charge in [0.2, 0.25) is 17.8 Å². The molecule has 0 aliphatic rings. The molecule has 0 saturated heterocycles. The monoisotopic (exact) mass is 248 g/mol. The van der Waals surface area contributed by atoms with Gasteiger partial charge >= 0.3 is 5.97 Å². The highest BCUT2D eigenvalue weighted by Crippen LogP contribution is 1.97. The molecule has 0 radical (unpaired) electrons. The molecular formula is C7H16N6O4. The number of aromatic nitrogens is 3. The smallest absolute Gasteiger partial charge is 0.329 e. The van der Waals surface area contributed by atoms with Crippen LogP contribution in [0.5, 0.6) is 0 Å². The van der Waals surface area contributed by atoms with Crippen molar-refractivity contribution < 1.29 is 19.7 Å². The van der Waals surface area contributed by atoms with Crippen molar-refractivity contribution in [2.45, 2.75) is 0 Å². The average Bonchev–Trinajstić information content (AvgIpc) is 2.17. The molecule has 0 atom stereocenters. The zero-order valence-electron chi connectivity index (χ0n) is 9.49. The van der Waals surface area contributed by atoms with Crippen LogP contribution in [0.25, 0.3) is 0 Å². The van der Waals surface area contributed by atoms with E-state index in [9.17, 15) is 0 Å². The first-order chi connectivity index (χ1) is 7.87. The first kappa shape index (κ1) is 17.2. The number of carboxylic acid groups (broad SMARTS) is 1. The highest BCUT2D eigenvalue weighted by Gasteiger charge is 1.93. The van der Waals surface area contributed by atoms with Crippen LogP contribution in [0, 0.1) is 0 Å². The standard InChI is InChI=1S/C3H6N6.C2H4O3.C2H6O/c4-1-7-2(5)9-3(6)8-1;3-1-2(4)5;1-3-2/h(H6,4,5,6,7,8,9);3H,1H2,(H,4,5);1-2H3.